The fourth-order valence-corrected chi connectivity index (χ4v) is 1.96. The normalized spacial score (nSPS) is 13.9. The number of aliphatic hydroxyl groups is 1. The van der Waals surface area contributed by atoms with E-state index in [0.29, 0.717) is 0 Å². The Bertz CT molecular complexity index is 279. The van der Waals surface area contributed by atoms with Crippen LogP contribution in [0.2, 0.25) is 0 Å². The summed E-state index contributed by atoms with van der Waals surface area (Å²) in [6.45, 7) is 5.72. The van der Waals surface area contributed by atoms with Gasteiger partial charge in [0.2, 0.25) is 0 Å². The van der Waals surface area contributed by atoms with Crippen molar-refractivity contribution in [3.05, 3.63) is 36.5 Å². The molecule has 122 valence electrons. The number of hydrogen-bond donors (Lipinski definition) is 1. The van der Waals surface area contributed by atoms with Gasteiger partial charge in [-0.05, 0) is 39.0 Å². The summed E-state index contributed by atoms with van der Waals surface area (Å²) in [5, 5.41) is 9.70. The van der Waals surface area contributed by atoms with Crippen LogP contribution in [0.4, 0.5) is 0 Å². The molecule has 0 aliphatic heterocycles. The average Bonchev–Trinajstić information content (AvgIpc) is 2.48. The van der Waals surface area contributed by atoms with Crippen LogP contribution in [-0.4, -0.2) is 24.4 Å². The Morgan fingerprint density at radius 2 is 1.67 bits per heavy atom. The first-order valence-electron chi connectivity index (χ1n) is 8.55. The summed E-state index contributed by atoms with van der Waals surface area (Å²) in [4.78, 5) is 0. The zero-order chi connectivity index (χ0) is 15.6. The van der Waals surface area contributed by atoms with Crippen LogP contribution in [0.25, 0.3) is 0 Å². The molecule has 0 aliphatic carbocycles. The average molecular weight is 294 g/mol. The maximum atomic E-state index is 9.70. The SMILES string of the molecule is CCCCCC(O)/C=C/C=C/CCCC/C=C/COCC. The molecule has 0 amide bonds. The molecule has 0 bridgehead atoms. The van der Waals surface area contributed by atoms with Gasteiger partial charge in [0, 0.05) is 6.61 Å². The van der Waals surface area contributed by atoms with Crippen molar-refractivity contribution in [2.24, 2.45) is 0 Å². The lowest BCUT2D eigenvalue weighted by atomic mass is 10.1. The van der Waals surface area contributed by atoms with E-state index in [2.05, 4.69) is 25.2 Å². The standard InChI is InChI=1S/C19H34O2/c1-3-5-13-16-19(20)17-14-11-9-7-6-8-10-12-15-18-21-4-2/h9,11-12,14-15,17,19-20H,3-8,10,13,16,18H2,1-2H3/b11-9+,15-12+,17-14+. The number of unbranched alkanes of at least 4 members (excludes halogenated alkanes) is 5. The molecule has 0 aromatic carbocycles. The largest absolute Gasteiger partial charge is 0.389 e. The Morgan fingerprint density at radius 3 is 2.38 bits per heavy atom. The van der Waals surface area contributed by atoms with Crippen LogP contribution < -0.4 is 0 Å². The van der Waals surface area contributed by atoms with Crippen LogP contribution in [0.3, 0.4) is 0 Å². The van der Waals surface area contributed by atoms with E-state index in [-0.39, 0.29) is 6.10 Å². The van der Waals surface area contributed by atoms with Gasteiger partial charge in [-0.25, -0.2) is 0 Å². The predicted molar refractivity (Wildman–Crippen MR) is 92.5 cm³/mol. The van der Waals surface area contributed by atoms with Crippen LogP contribution in [0.5, 0.6) is 0 Å². The van der Waals surface area contributed by atoms with Crippen molar-refractivity contribution in [2.45, 2.75) is 71.3 Å². The van der Waals surface area contributed by atoms with Gasteiger partial charge in [0.05, 0.1) is 12.7 Å². The molecule has 0 radical (unpaired) electrons. The molecule has 0 saturated carbocycles. The third-order valence-corrected chi connectivity index (χ3v) is 3.26. The van der Waals surface area contributed by atoms with Gasteiger partial charge >= 0.3 is 0 Å². The highest BCUT2D eigenvalue weighted by Gasteiger charge is 1.96. The van der Waals surface area contributed by atoms with Crippen molar-refractivity contribution in [1.82, 2.24) is 0 Å². The van der Waals surface area contributed by atoms with E-state index in [1.807, 2.05) is 25.2 Å². The molecule has 0 heterocycles. The number of rotatable bonds is 14. The van der Waals surface area contributed by atoms with Crippen molar-refractivity contribution >= 4 is 0 Å². The van der Waals surface area contributed by atoms with Gasteiger partial charge < -0.3 is 9.84 Å². The molecule has 1 N–H and O–H groups in total. The first-order chi connectivity index (χ1) is 10.3. The van der Waals surface area contributed by atoms with Crippen LogP contribution in [0, 0.1) is 0 Å². The highest BCUT2D eigenvalue weighted by Crippen LogP contribution is 2.05. The topological polar surface area (TPSA) is 29.5 Å². The molecule has 0 aliphatic rings. The number of allylic oxidation sites excluding steroid dienone is 4. The lowest BCUT2D eigenvalue weighted by Crippen LogP contribution is -2.00. The molecule has 2 heteroatoms. The zero-order valence-corrected chi connectivity index (χ0v) is 14.0. The molecular weight excluding hydrogens is 260 g/mol. The molecule has 2 nitrogen and oxygen atoms in total. The van der Waals surface area contributed by atoms with Crippen molar-refractivity contribution < 1.29 is 9.84 Å². The summed E-state index contributed by atoms with van der Waals surface area (Å²) in [7, 11) is 0. The fourth-order valence-electron chi connectivity index (χ4n) is 1.96. The van der Waals surface area contributed by atoms with Gasteiger partial charge in [0.25, 0.3) is 0 Å². The third kappa shape index (κ3) is 17.1. The fraction of sp³-hybridized carbons (Fsp3) is 0.684. The zero-order valence-electron chi connectivity index (χ0n) is 14.0. The maximum Gasteiger partial charge on any atom is 0.0723 e. The minimum atomic E-state index is -0.281. The summed E-state index contributed by atoms with van der Waals surface area (Å²) < 4.78 is 5.23. The molecule has 1 atom stereocenters. The molecular formula is C19H34O2. The Kier molecular flexibility index (Phi) is 16.5. The minimum absolute atomic E-state index is 0.281. The van der Waals surface area contributed by atoms with Crippen molar-refractivity contribution in [1.29, 1.82) is 0 Å². The molecule has 0 aromatic rings. The first kappa shape index (κ1) is 20.1. The highest BCUT2D eigenvalue weighted by atomic mass is 16.5. The molecule has 0 rings (SSSR count). The maximum absolute atomic E-state index is 9.70. The van der Waals surface area contributed by atoms with Crippen molar-refractivity contribution in [2.75, 3.05) is 13.2 Å². The Morgan fingerprint density at radius 1 is 0.905 bits per heavy atom. The third-order valence-electron chi connectivity index (χ3n) is 3.26. The van der Waals surface area contributed by atoms with Crippen LogP contribution in [0.1, 0.15) is 65.2 Å². The first-order valence-corrected chi connectivity index (χ1v) is 8.55. The highest BCUT2D eigenvalue weighted by molar-refractivity contribution is 5.04. The summed E-state index contributed by atoms with van der Waals surface area (Å²) in [5.41, 5.74) is 0. The summed E-state index contributed by atoms with van der Waals surface area (Å²) in [5.74, 6) is 0. The van der Waals surface area contributed by atoms with E-state index in [1.165, 1.54) is 25.7 Å². The van der Waals surface area contributed by atoms with E-state index in [1.54, 1.807) is 0 Å². The molecule has 0 saturated heterocycles. The lowest BCUT2D eigenvalue weighted by molar-refractivity contribution is 0.177. The van der Waals surface area contributed by atoms with Gasteiger partial charge in [0.1, 0.15) is 0 Å². The van der Waals surface area contributed by atoms with E-state index < -0.39 is 0 Å². The molecule has 1 unspecified atom stereocenters. The Hall–Kier alpha value is -0.860. The van der Waals surface area contributed by atoms with Gasteiger partial charge in [-0.15, -0.1) is 0 Å². The second kappa shape index (κ2) is 17.2. The Labute approximate surface area is 131 Å². The van der Waals surface area contributed by atoms with E-state index in [0.717, 1.165) is 38.9 Å². The van der Waals surface area contributed by atoms with E-state index in [4.69, 9.17) is 4.74 Å². The number of aliphatic hydroxyl groups excluding tert-OH is 1. The second-order valence-corrected chi connectivity index (χ2v) is 5.29. The summed E-state index contributed by atoms with van der Waals surface area (Å²) in [6, 6.07) is 0. The van der Waals surface area contributed by atoms with E-state index in [9.17, 15) is 5.11 Å². The van der Waals surface area contributed by atoms with Gasteiger partial charge in [0.15, 0.2) is 0 Å². The Balaban J connectivity index is 3.41. The monoisotopic (exact) mass is 294 g/mol. The van der Waals surface area contributed by atoms with Crippen LogP contribution >= 0.6 is 0 Å². The summed E-state index contributed by atoms with van der Waals surface area (Å²) in [6.07, 6.45) is 21.2. The summed E-state index contributed by atoms with van der Waals surface area (Å²) >= 11 is 0. The second-order valence-electron chi connectivity index (χ2n) is 5.29. The molecule has 0 spiro atoms. The number of ether oxygens (including phenoxy) is 1. The number of hydrogen-bond acceptors (Lipinski definition) is 2. The molecule has 21 heavy (non-hydrogen) atoms. The van der Waals surface area contributed by atoms with Crippen molar-refractivity contribution in [3.63, 3.8) is 0 Å². The predicted octanol–water partition coefficient (Wildman–Crippen LogP) is 5.19. The van der Waals surface area contributed by atoms with Gasteiger partial charge in [-0.1, -0.05) is 62.6 Å². The lowest BCUT2D eigenvalue weighted by Gasteiger charge is -2.03. The van der Waals surface area contributed by atoms with Crippen LogP contribution in [0.15, 0.2) is 36.5 Å². The molecule has 0 aromatic heterocycles. The van der Waals surface area contributed by atoms with Crippen LogP contribution in [-0.2, 0) is 4.74 Å². The quantitative estimate of drug-likeness (QED) is 0.271. The van der Waals surface area contributed by atoms with Crippen molar-refractivity contribution in [3.8, 4) is 0 Å². The van der Waals surface area contributed by atoms with Gasteiger partial charge in [-0.2, -0.15) is 0 Å². The minimum Gasteiger partial charge on any atom is -0.389 e. The smallest absolute Gasteiger partial charge is 0.0723 e. The van der Waals surface area contributed by atoms with E-state index >= 15 is 0 Å². The van der Waals surface area contributed by atoms with Gasteiger partial charge in [-0.3, -0.25) is 0 Å². The molecule has 0 fully saturated rings.